The molecule has 0 fully saturated rings. The number of aromatic nitrogens is 3. The second kappa shape index (κ2) is 4.79. The van der Waals surface area contributed by atoms with E-state index in [-0.39, 0.29) is 0 Å². The van der Waals surface area contributed by atoms with Crippen molar-refractivity contribution >= 4 is 11.6 Å². The lowest BCUT2D eigenvalue weighted by molar-refractivity contribution is 0.291. The molecule has 5 heteroatoms. The third-order valence-electron chi connectivity index (χ3n) is 1.85. The fraction of sp³-hybridized carbons (Fsp3) is 0.200. The van der Waals surface area contributed by atoms with Crippen LogP contribution in [0.3, 0.4) is 0 Å². The first-order chi connectivity index (χ1) is 7.34. The number of hydrogen-bond donors (Lipinski definition) is 0. The largest absolute Gasteiger partial charge is 0.492 e. The van der Waals surface area contributed by atoms with Crippen molar-refractivity contribution in [2.45, 2.75) is 6.54 Å². The van der Waals surface area contributed by atoms with E-state index >= 15 is 0 Å². The fourth-order valence-corrected chi connectivity index (χ4v) is 1.34. The fourth-order valence-electron chi connectivity index (χ4n) is 1.16. The van der Waals surface area contributed by atoms with Crippen LogP contribution in [0.15, 0.2) is 36.9 Å². The molecule has 0 bridgehead atoms. The van der Waals surface area contributed by atoms with Crippen molar-refractivity contribution in [1.82, 2.24) is 14.8 Å². The molecule has 0 saturated heterocycles. The van der Waals surface area contributed by atoms with Crippen molar-refractivity contribution in [1.29, 1.82) is 0 Å². The first-order valence-electron chi connectivity index (χ1n) is 4.55. The van der Waals surface area contributed by atoms with Crippen LogP contribution in [0.1, 0.15) is 0 Å². The summed E-state index contributed by atoms with van der Waals surface area (Å²) in [6.07, 6.45) is 3.15. The molecular weight excluding hydrogens is 214 g/mol. The maximum absolute atomic E-state index is 5.82. The maximum Gasteiger partial charge on any atom is 0.137 e. The van der Waals surface area contributed by atoms with Crippen LogP contribution in [-0.4, -0.2) is 21.4 Å². The van der Waals surface area contributed by atoms with Crippen LogP contribution < -0.4 is 4.74 Å². The van der Waals surface area contributed by atoms with Gasteiger partial charge in [0.15, 0.2) is 0 Å². The van der Waals surface area contributed by atoms with Gasteiger partial charge in [-0.3, -0.25) is 0 Å². The van der Waals surface area contributed by atoms with E-state index in [4.69, 9.17) is 16.3 Å². The number of halogens is 1. The van der Waals surface area contributed by atoms with E-state index < -0.39 is 0 Å². The minimum Gasteiger partial charge on any atom is -0.492 e. The Hall–Kier alpha value is -1.55. The second-order valence-electron chi connectivity index (χ2n) is 2.96. The Bertz CT molecular complexity index is 416. The molecule has 0 radical (unpaired) electrons. The first kappa shape index (κ1) is 9.98. The van der Waals surface area contributed by atoms with Gasteiger partial charge >= 0.3 is 0 Å². The molecule has 0 N–H and O–H groups in total. The topological polar surface area (TPSA) is 39.9 Å². The monoisotopic (exact) mass is 223 g/mol. The van der Waals surface area contributed by atoms with Gasteiger partial charge in [-0.15, -0.1) is 0 Å². The first-order valence-corrected chi connectivity index (χ1v) is 4.93. The van der Waals surface area contributed by atoms with Crippen LogP contribution in [0, 0.1) is 0 Å². The molecule has 1 aromatic carbocycles. The smallest absolute Gasteiger partial charge is 0.137 e. The molecule has 1 aromatic heterocycles. The predicted molar refractivity (Wildman–Crippen MR) is 57.0 cm³/mol. The highest BCUT2D eigenvalue weighted by Crippen LogP contribution is 2.16. The van der Waals surface area contributed by atoms with Crippen LogP contribution in [-0.2, 0) is 6.54 Å². The zero-order chi connectivity index (χ0) is 10.5. The summed E-state index contributed by atoms with van der Waals surface area (Å²) < 4.78 is 7.20. The van der Waals surface area contributed by atoms with Crippen molar-refractivity contribution < 1.29 is 4.74 Å². The third-order valence-corrected chi connectivity index (χ3v) is 2.09. The average Bonchev–Trinajstić information content (AvgIpc) is 2.71. The molecule has 0 aliphatic rings. The summed E-state index contributed by atoms with van der Waals surface area (Å²) in [4.78, 5) is 3.84. The van der Waals surface area contributed by atoms with Gasteiger partial charge in [-0.25, -0.2) is 9.67 Å². The summed E-state index contributed by atoms with van der Waals surface area (Å²) in [6, 6.07) is 7.31. The van der Waals surface area contributed by atoms with Crippen molar-refractivity contribution in [3.05, 3.63) is 41.9 Å². The van der Waals surface area contributed by atoms with Gasteiger partial charge in [-0.05, 0) is 18.2 Å². The van der Waals surface area contributed by atoms with Crippen molar-refractivity contribution in [3.8, 4) is 5.75 Å². The standard InChI is InChI=1S/C10H10ClN3O/c11-9-2-1-3-10(6-9)15-5-4-14-8-12-7-13-14/h1-3,6-8H,4-5H2. The predicted octanol–water partition coefficient (Wildman–Crippen LogP) is 2.01. The van der Waals surface area contributed by atoms with Gasteiger partial charge in [0.1, 0.15) is 25.0 Å². The summed E-state index contributed by atoms with van der Waals surface area (Å²) >= 11 is 5.82. The van der Waals surface area contributed by atoms with Gasteiger partial charge in [-0.2, -0.15) is 5.10 Å². The van der Waals surface area contributed by atoms with Crippen LogP contribution in [0.5, 0.6) is 5.75 Å². The van der Waals surface area contributed by atoms with Crippen molar-refractivity contribution in [2.75, 3.05) is 6.61 Å². The average molecular weight is 224 g/mol. The molecule has 15 heavy (non-hydrogen) atoms. The molecular formula is C10H10ClN3O. The molecule has 0 spiro atoms. The maximum atomic E-state index is 5.82. The number of rotatable bonds is 4. The molecule has 2 aromatic rings. The van der Waals surface area contributed by atoms with Gasteiger partial charge < -0.3 is 4.74 Å². The molecule has 2 rings (SSSR count). The zero-order valence-corrected chi connectivity index (χ0v) is 8.76. The minimum atomic E-state index is 0.545. The Morgan fingerprint density at radius 1 is 1.40 bits per heavy atom. The highest BCUT2D eigenvalue weighted by Gasteiger charge is 1.95. The Kier molecular flexibility index (Phi) is 3.19. The van der Waals surface area contributed by atoms with Crippen LogP contribution in [0.25, 0.3) is 0 Å². The molecule has 0 aliphatic heterocycles. The summed E-state index contributed by atoms with van der Waals surface area (Å²) in [7, 11) is 0. The van der Waals surface area contributed by atoms with E-state index in [0.29, 0.717) is 18.2 Å². The number of ether oxygens (including phenoxy) is 1. The Labute approximate surface area is 92.5 Å². The number of benzene rings is 1. The summed E-state index contributed by atoms with van der Waals surface area (Å²) in [5, 5.41) is 4.64. The molecule has 0 unspecified atom stereocenters. The Morgan fingerprint density at radius 2 is 2.33 bits per heavy atom. The Morgan fingerprint density at radius 3 is 3.07 bits per heavy atom. The Balaban J connectivity index is 1.83. The highest BCUT2D eigenvalue weighted by molar-refractivity contribution is 6.30. The van der Waals surface area contributed by atoms with Crippen molar-refractivity contribution in [2.24, 2.45) is 0 Å². The molecule has 0 atom stereocenters. The third kappa shape index (κ3) is 2.95. The van der Waals surface area contributed by atoms with E-state index in [1.54, 1.807) is 17.1 Å². The lowest BCUT2D eigenvalue weighted by atomic mass is 10.3. The number of nitrogens with zero attached hydrogens (tertiary/aromatic N) is 3. The van der Waals surface area contributed by atoms with Crippen LogP contribution in [0.4, 0.5) is 0 Å². The van der Waals surface area contributed by atoms with Gasteiger partial charge in [0.05, 0.1) is 6.54 Å². The van der Waals surface area contributed by atoms with Gasteiger partial charge in [-0.1, -0.05) is 17.7 Å². The molecule has 78 valence electrons. The van der Waals surface area contributed by atoms with E-state index in [2.05, 4.69) is 10.1 Å². The van der Waals surface area contributed by atoms with Crippen LogP contribution >= 0.6 is 11.6 Å². The molecule has 1 heterocycles. The van der Waals surface area contributed by atoms with Crippen LogP contribution in [0.2, 0.25) is 5.02 Å². The van der Waals surface area contributed by atoms with Gasteiger partial charge in [0.2, 0.25) is 0 Å². The molecule has 0 saturated carbocycles. The van der Waals surface area contributed by atoms with E-state index in [9.17, 15) is 0 Å². The van der Waals surface area contributed by atoms with Crippen molar-refractivity contribution in [3.63, 3.8) is 0 Å². The highest BCUT2D eigenvalue weighted by atomic mass is 35.5. The van der Waals surface area contributed by atoms with Gasteiger partial charge in [0, 0.05) is 5.02 Å². The van der Waals surface area contributed by atoms with E-state index in [1.807, 2.05) is 18.2 Å². The van der Waals surface area contributed by atoms with Gasteiger partial charge in [0.25, 0.3) is 0 Å². The lowest BCUT2D eigenvalue weighted by Crippen LogP contribution is -2.08. The van der Waals surface area contributed by atoms with E-state index in [0.717, 1.165) is 5.75 Å². The van der Waals surface area contributed by atoms with E-state index in [1.165, 1.54) is 6.33 Å². The minimum absolute atomic E-state index is 0.545. The lowest BCUT2D eigenvalue weighted by Gasteiger charge is -2.05. The molecule has 0 amide bonds. The summed E-state index contributed by atoms with van der Waals surface area (Å²) in [5.41, 5.74) is 0. The summed E-state index contributed by atoms with van der Waals surface area (Å²) in [6.45, 7) is 1.22. The molecule has 0 aliphatic carbocycles. The second-order valence-corrected chi connectivity index (χ2v) is 3.40. The summed E-state index contributed by atoms with van der Waals surface area (Å²) in [5.74, 6) is 0.766. The quantitative estimate of drug-likeness (QED) is 0.796. The number of hydrogen-bond acceptors (Lipinski definition) is 3. The zero-order valence-electron chi connectivity index (χ0n) is 8.01. The molecule has 4 nitrogen and oxygen atoms in total. The SMILES string of the molecule is Clc1cccc(OCCn2cncn2)c1. The normalized spacial score (nSPS) is 10.2.